The monoisotopic (exact) mass is 263 g/mol. The Morgan fingerprint density at radius 2 is 2.26 bits per heavy atom. The fourth-order valence-electron chi connectivity index (χ4n) is 2.15. The summed E-state index contributed by atoms with van der Waals surface area (Å²) in [5.74, 6) is 0.812. The van der Waals surface area contributed by atoms with E-state index in [1.54, 1.807) is 12.3 Å². The summed E-state index contributed by atoms with van der Waals surface area (Å²) < 4.78 is 4.83. The van der Waals surface area contributed by atoms with E-state index in [9.17, 15) is 4.79 Å². The van der Waals surface area contributed by atoms with Crippen molar-refractivity contribution in [3.05, 3.63) is 17.8 Å². The summed E-state index contributed by atoms with van der Waals surface area (Å²) in [6, 6.07) is 2.13. The third-order valence-corrected chi connectivity index (χ3v) is 3.11. The molecule has 0 radical (unpaired) electrons. The van der Waals surface area contributed by atoms with E-state index in [0.29, 0.717) is 29.0 Å². The Bertz CT molecular complexity index is 470. The Balaban J connectivity index is 2.37. The van der Waals surface area contributed by atoms with Crippen LogP contribution in [0.5, 0.6) is 0 Å². The number of anilines is 2. The fourth-order valence-corrected chi connectivity index (χ4v) is 2.15. The summed E-state index contributed by atoms with van der Waals surface area (Å²) in [7, 11) is 1.37. The Labute approximate surface area is 113 Å². The molecule has 0 saturated heterocycles. The van der Waals surface area contributed by atoms with Crippen LogP contribution in [0.4, 0.5) is 11.5 Å². The number of pyridine rings is 1. The molecule has 104 valence electrons. The highest BCUT2D eigenvalue weighted by atomic mass is 16.5. The van der Waals surface area contributed by atoms with Crippen molar-refractivity contribution in [2.45, 2.75) is 32.7 Å². The molecule has 2 rings (SSSR count). The molecule has 5 heteroatoms. The first-order valence-electron chi connectivity index (χ1n) is 6.63. The molecule has 1 aromatic heterocycles. The standard InChI is InChI=1S/C14H21N3O2/c1-9(2)8-17(11-4-5-11)13-12(14(18)19-3)6-10(15)7-16-13/h6-7,9,11H,4-5,8,15H2,1-3H3. The summed E-state index contributed by atoms with van der Waals surface area (Å²) in [6.45, 7) is 5.20. The Morgan fingerprint density at radius 1 is 1.58 bits per heavy atom. The van der Waals surface area contributed by atoms with Gasteiger partial charge in [-0.25, -0.2) is 9.78 Å². The first kappa shape index (κ1) is 13.6. The largest absolute Gasteiger partial charge is 0.465 e. The molecule has 1 fully saturated rings. The highest BCUT2D eigenvalue weighted by molar-refractivity contribution is 5.95. The number of aromatic nitrogens is 1. The molecule has 0 bridgehead atoms. The zero-order valence-electron chi connectivity index (χ0n) is 11.7. The van der Waals surface area contributed by atoms with Gasteiger partial charge in [0.15, 0.2) is 0 Å². The second-order valence-corrected chi connectivity index (χ2v) is 5.41. The molecule has 1 heterocycles. The van der Waals surface area contributed by atoms with Gasteiger partial charge in [0.05, 0.1) is 19.0 Å². The van der Waals surface area contributed by atoms with Gasteiger partial charge in [0, 0.05) is 12.6 Å². The van der Waals surface area contributed by atoms with E-state index in [1.807, 2.05) is 0 Å². The van der Waals surface area contributed by atoms with Gasteiger partial charge in [-0.3, -0.25) is 0 Å². The second-order valence-electron chi connectivity index (χ2n) is 5.41. The predicted molar refractivity (Wildman–Crippen MR) is 75.2 cm³/mol. The maximum atomic E-state index is 11.9. The average Bonchev–Trinajstić information content (AvgIpc) is 3.19. The Morgan fingerprint density at radius 3 is 2.79 bits per heavy atom. The van der Waals surface area contributed by atoms with Crippen LogP contribution in [0.1, 0.15) is 37.0 Å². The van der Waals surface area contributed by atoms with Crippen LogP contribution in [0.3, 0.4) is 0 Å². The van der Waals surface area contributed by atoms with Crippen LogP contribution in [-0.4, -0.2) is 30.6 Å². The topological polar surface area (TPSA) is 68.5 Å². The van der Waals surface area contributed by atoms with Gasteiger partial charge >= 0.3 is 5.97 Å². The lowest BCUT2D eigenvalue weighted by Crippen LogP contribution is -2.32. The molecule has 0 aliphatic heterocycles. The van der Waals surface area contributed by atoms with Crippen LogP contribution in [0.2, 0.25) is 0 Å². The van der Waals surface area contributed by atoms with Crippen LogP contribution in [-0.2, 0) is 4.74 Å². The van der Waals surface area contributed by atoms with E-state index >= 15 is 0 Å². The normalized spacial score (nSPS) is 14.5. The number of nitrogens with two attached hydrogens (primary N) is 1. The van der Waals surface area contributed by atoms with Crippen molar-refractivity contribution in [3.8, 4) is 0 Å². The number of hydrogen-bond donors (Lipinski definition) is 1. The zero-order valence-corrected chi connectivity index (χ0v) is 11.7. The van der Waals surface area contributed by atoms with Crippen molar-refractivity contribution in [2.75, 3.05) is 24.3 Å². The lowest BCUT2D eigenvalue weighted by atomic mass is 10.1. The molecule has 0 unspecified atom stereocenters. The van der Waals surface area contributed by atoms with E-state index in [2.05, 4.69) is 23.7 Å². The van der Waals surface area contributed by atoms with Gasteiger partial charge in [0.2, 0.25) is 0 Å². The van der Waals surface area contributed by atoms with E-state index in [1.165, 1.54) is 7.11 Å². The third-order valence-electron chi connectivity index (χ3n) is 3.11. The smallest absolute Gasteiger partial charge is 0.341 e. The van der Waals surface area contributed by atoms with Gasteiger partial charge in [-0.15, -0.1) is 0 Å². The van der Waals surface area contributed by atoms with Gasteiger partial charge in [0.1, 0.15) is 11.4 Å². The van der Waals surface area contributed by atoms with Crippen LogP contribution in [0, 0.1) is 5.92 Å². The minimum absolute atomic E-state index is 0.385. The molecule has 19 heavy (non-hydrogen) atoms. The van der Waals surface area contributed by atoms with Crippen molar-refractivity contribution in [1.82, 2.24) is 4.98 Å². The van der Waals surface area contributed by atoms with Crippen LogP contribution in [0.25, 0.3) is 0 Å². The minimum atomic E-state index is -0.385. The molecule has 1 saturated carbocycles. The summed E-state index contributed by atoms with van der Waals surface area (Å²) in [4.78, 5) is 18.4. The Hall–Kier alpha value is -1.78. The van der Waals surface area contributed by atoms with Crippen molar-refractivity contribution >= 4 is 17.5 Å². The molecule has 1 aliphatic carbocycles. The van der Waals surface area contributed by atoms with E-state index in [0.717, 1.165) is 19.4 Å². The molecule has 0 atom stereocenters. The molecular weight excluding hydrogens is 242 g/mol. The van der Waals surface area contributed by atoms with Gasteiger partial charge in [-0.1, -0.05) is 13.8 Å². The molecule has 5 nitrogen and oxygen atoms in total. The predicted octanol–water partition coefficient (Wildman–Crippen LogP) is 2.08. The molecule has 0 aromatic carbocycles. The molecule has 0 spiro atoms. The van der Waals surface area contributed by atoms with Crippen molar-refractivity contribution in [3.63, 3.8) is 0 Å². The maximum Gasteiger partial charge on any atom is 0.341 e. The van der Waals surface area contributed by atoms with Crippen LogP contribution >= 0.6 is 0 Å². The third kappa shape index (κ3) is 3.16. The molecule has 0 amide bonds. The zero-order chi connectivity index (χ0) is 14.0. The first-order valence-corrected chi connectivity index (χ1v) is 6.63. The van der Waals surface area contributed by atoms with Gasteiger partial charge in [-0.2, -0.15) is 0 Å². The van der Waals surface area contributed by atoms with Crippen molar-refractivity contribution < 1.29 is 9.53 Å². The Kier molecular flexibility index (Phi) is 3.93. The molecule has 2 N–H and O–H groups in total. The summed E-state index contributed by atoms with van der Waals surface area (Å²) >= 11 is 0. The molecule has 1 aliphatic rings. The van der Waals surface area contributed by atoms with E-state index in [4.69, 9.17) is 10.5 Å². The highest BCUT2D eigenvalue weighted by Crippen LogP contribution is 2.33. The maximum absolute atomic E-state index is 11.9. The summed E-state index contributed by atoms with van der Waals surface area (Å²) in [5, 5.41) is 0. The van der Waals surface area contributed by atoms with E-state index in [-0.39, 0.29) is 5.97 Å². The highest BCUT2D eigenvalue weighted by Gasteiger charge is 2.32. The number of nitrogens with zero attached hydrogens (tertiary/aromatic N) is 2. The molecule has 1 aromatic rings. The van der Waals surface area contributed by atoms with E-state index < -0.39 is 0 Å². The number of hydrogen-bond acceptors (Lipinski definition) is 5. The van der Waals surface area contributed by atoms with Gasteiger partial charge in [0.25, 0.3) is 0 Å². The SMILES string of the molecule is COC(=O)c1cc(N)cnc1N(CC(C)C)C1CC1. The first-order chi connectivity index (χ1) is 9.02. The van der Waals surface area contributed by atoms with Crippen LogP contribution < -0.4 is 10.6 Å². The lowest BCUT2D eigenvalue weighted by molar-refractivity contribution is 0.0601. The van der Waals surface area contributed by atoms with Crippen molar-refractivity contribution in [1.29, 1.82) is 0 Å². The molecular formula is C14H21N3O2. The number of rotatable bonds is 5. The van der Waals surface area contributed by atoms with Gasteiger partial charge < -0.3 is 15.4 Å². The van der Waals surface area contributed by atoms with Crippen molar-refractivity contribution in [2.24, 2.45) is 5.92 Å². The second kappa shape index (κ2) is 5.47. The van der Waals surface area contributed by atoms with Gasteiger partial charge in [-0.05, 0) is 24.8 Å². The minimum Gasteiger partial charge on any atom is -0.465 e. The van der Waals surface area contributed by atoms with Crippen LogP contribution in [0.15, 0.2) is 12.3 Å². The number of nitrogen functional groups attached to an aromatic ring is 1. The number of methoxy groups -OCH3 is 1. The number of esters is 1. The fraction of sp³-hybridized carbons (Fsp3) is 0.571. The average molecular weight is 263 g/mol. The summed E-state index contributed by atoms with van der Waals surface area (Å²) in [6.07, 6.45) is 3.90. The summed E-state index contributed by atoms with van der Waals surface area (Å²) in [5.41, 5.74) is 6.65. The number of carbonyl (C=O) groups is 1. The number of ether oxygens (including phenoxy) is 1. The quantitative estimate of drug-likeness (QED) is 0.824. The number of carbonyl (C=O) groups excluding carboxylic acids is 1. The lowest BCUT2D eigenvalue weighted by Gasteiger charge is -2.27.